The SMILES string of the molecule is CN(C1CCCC1)S(=O)(=O)c1ccc2c(c1)CCO2. The highest BCUT2D eigenvalue weighted by Crippen LogP contribution is 2.31. The van der Waals surface area contributed by atoms with Crippen LogP contribution in [0.25, 0.3) is 0 Å². The lowest BCUT2D eigenvalue weighted by Gasteiger charge is -2.23. The van der Waals surface area contributed by atoms with Gasteiger partial charge in [0.25, 0.3) is 0 Å². The van der Waals surface area contributed by atoms with Gasteiger partial charge >= 0.3 is 0 Å². The van der Waals surface area contributed by atoms with Crippen molar-refractivity contribution in [1.82, 2.24) is 4.31 Å². The molecule has 2 aliphatic rings. The first-order valence-electron chi connectivity index (χ1n) is 6.83. The Morgan fingerprint density at radius 2 is 2.00 bits per heavy atom. The maximum absolute atomic E-state index is 12.6. The van der Waals surface area contributed by atoms with Crippen molar-refractivity contribution in [3.63, 3.8) is 0 Å². The molecule has 5 heteroatoms. The number of ether oxygens (including phenoxy) is 1. The van der Waals surface area contributed by atoms with E-state index in [1.54, 1.807) is 29.6 Å². The molecule has 0 radical (unpaired) electrons. The quantitative estimate of drug-likeness (QED) is 0.853. The monoisotopic (exact) mass is 281 g/mol. The number of rotatable bonds is 3. The third-order valence-corrected chi connectivity index (χ3v) is 6.08. The maximum Gasteiger partial charge on any atom is 0.243 e. The van der Waals surface area contributed by atoms with Crippen molar-refractivity contribution in [2.75, 3.05) is 13.7 Å². The highest BCUT2D eigenvalue weighted by Gasteiger charge is 2.30. The van der Waals surface area contributed by atoms with Crippen molar-refractivity contribution in [2.24, 2.45) is 0 Å². The van der Waals surface area contributed by atoms with Gasteiger partial charge in [-0.2, -0.15) is 4.31 Å². The zero-order chi connectivity index (χ0) is 13.5. The van der Waals surface area contributed by atoms with Crippen LogP contribution >= 0.6 is 0 Å². The van der Waals surface area contributed by atoms with Crippen molar-refractivity contribution in [1.29, 1.82) is 0 Å². The van der Waals surface area contributed by atoms with Gasteiger partial charge in [0.05, 0.1) is 11.5 Å². The number of benzene rings is 1. The Bertz CT molecular complexity index is 576. The fraction of sp³-hybridized carbons (Fsp3) is 0.571. The molecule has 104 valence electrons. The molecule has 4 nitrogen and oxygen atoms in total. The summed E-state index contributed by atoms with van der Waals surface area (Å²) in [4.78, 5) is 0.395. The molecule has 1 saturated carbocycles. The minimum Gasteiger partial charge on any atom is -0.493 e. The van der Waals surface area contributed by atoms with Gasteiger partial charge in [0, 0.05) is 19.5 Å². The fourth-order valence-corrected chi connectivity index (χ4v) is 4.42. The van der Waals surface area contributed by atoms with Gasteiger partial charge in [-0.3, -0.25) is 0 Å². The summed E-state index contributed by atoms with van der Waals surface area (Å²) in [5, 5.41) is 0. The van der Waals surface area contributed by atoms with Crippen molar-refractivity contribution < 1.29 is 13.2 Å². The van der Waals surface area contributed by atoms with E-state index in [2.05, 4.69) is 0 Å². The van der Waals surface area contributed by atoms with E-state index in [0.29, 0.717) is 11.5 Å². The number of hydrogen-bond acceptors (Lipinski definition) is 3. The van der Waals surface area contributed by atoms with E-state index in [1.807, 2.05) is 0 Å². The van der Waals surface area contributed by atoms with Gasteiger partial charge in [0.1, 0.15) is 5.75 Å². The Kier molecular flexibility index (Phi) is 3.27. The molecular weight excluding hydrogens is 262 g/mol. The highest BCUT2D eigenvalue weighted by molar-refractivity contribution is 7.89. The van der Waals surface area contributed by atoms with Gasteiger partial charge in [-0.1, -0.05) is 12.8 Å². The second-order valence-electron chi connectivity index (χ2n) is 5.33. The highest BCUT2D eigenvalue weighted by atomic mass is 32.2. The summed E-state index contributed by atoms with van der Waals surface area (Å²) >= 11 is 0. The molecule has 1 aliphatic carbocycles. The second-order valence-corrected chi connectivity index (χ2v) is 7.33. The number of sulfonamides is 1. The Hall–Kier alpha value is -1.07. The average molecular weight is 281 g/mol. The lowest BCUT2D eigenvalue weighted by molar-refractivity contribution is 0.356. The third kappa shape index (κ3) is 2.25. The summed E-state index contributed by atoms with van der Waals surface area (Å²) < 4.78 is 32.2. The number of fused-ring (bicyclic) bond motifs is 1. The summed E-state index contributed by atoms with van der Waals surface area (Å²) in [5.74, 6) is 0.822. The molecule has 3 rings (SSSR count). The van der Waals surface area contributed by atoms with Crippen LogP contribution < -0.4 is 4.74 Å². The summed E-state index contributed by atoms with van der Waals surface area (Å²) in [6, 6.07) is 5.36. The normalized spacial score (nSPS) is 19.7. The minimum absolute atomic E-state index is 0.162. The minimum atomic E-state index is -3.37. The van der Waals surface area contributed by atoms with Gasteiger partial charge in [0.15, 0.2) is 0 Å². The van der Waals surface area contributed by atoms with Gasteiger partial charge < -0.3 is 4.74 Å². The molecule has 0 saturated heterocycles. The van der Waals surface area contributed by atoms with E-state index in [1.165, 1.54) is 0 Å². The molecule has 1 heterocycles. The molecule has 19 heavy (non-hydrogen) atoms. The summed E-state index contributed by atoms with van der Waals surface area (Å²) in [5.41, 5.74) is 1.00. The molecule has 0 unspecified atom stereocenters. The predicted molar refractivity (Wildman–Crippen MR) is 72.8 cm³/mol. The predicted octanol–water partition coefficient (Wildman–Crippen LogP) is 2.18. The van der Waals surface area contributed by atoms with Gasteiger partial charge in [-0.15, -0.1) is 0 Å². The van der Waals surface area contributed by atoms with E-state index in [-0.39, 0.29) is 6.04 Å². The zero-order valence-electron chi connectivity index (χ0n) is 11.1. The molecule has 0 aromatic heterocycles. The molecule has 1 aromatic carbocycles. The first kappa shape index (κ1) is 12.9. The van der Waals surface area contributed by atoms with Crippen molar-refractivity contribution in [2.45, 2.75) is 43.0 Å². The van der Waals surface area contributed by atoms with Crippen LogP contribution in [-0.4, -0.2) is 32.4 Å². The standard InChI is InChI=1S/C14H19NO3S/c1-15(12-4-2-3-5-12)19(16,17)13-6-7-14-11(10-13)8-9-18-14/h6-7,10,12H,2-5,8-9H2,1H3. The first-order chi connectivity index (χ1) is 9.09. The Morgan fingerprint density at radius 3 is 2.74 bits per heavy atom. The summed E-state index contributed by atoms with van der Waals surface area (Å²) in [7, 11) is -1.66. The molecule has 1 aromatic rings. The molecule has 1 aliphatic heterocycles. The van der Waals surface area contributed by atoms with Crippen LogP contribution in [-0.2, 0) is 16.4 Å². The van der Waals surface area contributed by atoms with Crippen LogP contribution in [0.1, 0.15) is 31.2 Å². The van der Waals surface area contributed by atoms with E-state index < -0.39 is 10.0 Å². The van der Waals surface area contributed by atoms with E-state index in [4.69, 9.17) is 4.74 Å². The lowest BCUT2D eigenvalue weighted by Crippen LogP contribution is -2.35. The zero-order valence-corrected chi connectivity index (χ0v) is 11.9. The largest absolute Gasteiger partial charge is 0.493 e. The van der Waals surface area contributed by atoms with Crippen LogP contribution in [0.3, 0.4) is 0 Å². The molecule has 0 spiro atoms. The first-order valence-corrected chi connectivity index (χ1v) is 8.27. The molecule has 0 atom stereocenters. The molecule has 1 fully saturated rings. The van der Waals surface area contributed by atoms with Crippen LogP contribution in [0.5, 0.6) is 5.75 Å². The van der Waals surface area contributed by atoms with Crippen molar-refractivity contribution in [3.8, 4) is 5.75 Å². The number of nitrogens with zero attached hydrogens (tertiary/aromatic N) is 1. The Labute approximate surface area is 114 Å². The van der Waals surface area contributed by atoms with Crippen molar-refractivity contribution >= 4 is 10.0 Å². The van der Waals surface area contributed by atoms with Gasteiger partial charge in [-0.25, -0.2) is 8.42 Å². The maximum atomic E-state index is 12.6. The van der Waals surface area contributed by atoms with Crippen LogP contribution in [0, 0.1) is 0 Å². The van der Waals surface area contributed by atoms with Crippen LogP contribution in [0.2, 0.25) is 0 Å². The smallest absolute Gasteiger partial charge is 0.243 e. The fourth-order valence-electron chi connectivity index (χ4n) is 2.95. The lowest BCUT2D eigenvalue weighted by atomic mass is 10.2. The molecule has 0 bridgehead atoms. The van der Waals surface area contributed by atoms with Crippen molar-refractivity contribution in [3.05, 3.63) is 23.8 Å². The summed E-state index contributed by atoms with van der Waals surface area (Å²) in [6.45, 7) is 0.650. The molecule has 0 amide bonds. The van der Waals surface area contributed by atoms with Gasteiger partial charge in [-0.05, 0) is 36.6 Å². The van der Waals surface area contributed by atoms with E-state index in [0.717, 1.165) is 43.4 Å². The summed E-state index contributed by atoms with van der Waals surface area (Å²) in [6.07, 6.45) is 5.00. The van der Waals surface area contributed by atoms with Crippen LogP contribution in [0.15, 0.2) is 23.1 Å². The molecular formula is C14H19NO3S. The van der Waals surface area contributed by atoms with Gasteiger partial charge in [0.2, 0.25) is 10.0 Å². The van der Waals surface area contributed by atoms with Crippen LogP contribution in [0.4, 0.5) is 0 Å². The Morgan fingerprint density at radius 1 is 1.26 bits per heavy atom. The topological polar surface area (TPSA) is 46.6 Å². The number of hydrogen-bond donors (Lipinski definition) is 0. The molecule has 0 N–H and O–H groups in total. The van der Waals surface area contributed by atoms with E-state index in [9.17, 15) is 8.42 Å². The Balaban J connectivity index is 1.91. The average Bonchev–Trinajstić information content (AvgIpc) is 3.07. The third-order valence-electron chi connectivity index (χ3n) is 4.18. The van der Waals surface area contributed by atoms with E-state index >= 15 is 0 Å². The second kappa shape index (κ2) is 4.80.